The van der Waals surface area contributed by atoms with Crippen LogP contribution in [0.1, 0.15) is 28.3 Å². The van der Waals surface area contributed by atoms with Crippen molar-refractivity contribution in [3.8, 4) is 0 Å². The van der Waals surface area contributed by atoms with Crippen LogP contribution in [-0.2, 0) is 0 Å². The Kier molecular flexibility index (Phi) is 3.69. The van der Waals surface area contributed by atoms with Crippen LogP contribution >= 0.6 is 22.9 Å². The van der Waals surface area contributed by atoms with Crippen LogP contribution in [0.15, 0.2) is 24.4 Å². The van der Waals surface area contributed by atoms with Crippen molar-refractivity contribution < 1.29 is 0 Å². The molecule has 0 amide bonds. The van der Waals surface area contributed by atoms with Gasteiger partial charge >= 0.3 is 0 Å². The molecule has 0 fully saturated rings. The number of pyridine rings is 1. The summed E-state index contributed by atoms with van der Waals surface area (Å²) in [6.07, 6.45) is 1.66. The summed E-state index contributed by atoms with van der Waals surface area (Å²) in [6.45, 7) is 6.43. The normalized spacial score (nSPS) is 12.5. The molecule has 0 bridgehead atoms. The zero-order valence-electron chi connectivity index (χ0n) is 10.1. The molecule has 17 heavy (non-hydrogen) atoms. The zero-order chi connectivity index (χ0) is 12.4. The standard InChI is InChI=1S/C13H15ClN2S/c1-8-6-12(10(3)17-8)9(2)16-13-5-4-11(14)7-15-13/h4-7,9H,1-3H3,(H,15,16). The average molecular weight is 267 g/mol. The molecule has 0 saturated heterocycles. The second-order valence-corrected chi connectivity index (χ2v) is 5.99. The van der Waals surface area contributed by atoms with E-state index in [0.717, 1.165) is 5.82 Å². The Morgan fingerprint density at radius 2 is 2.12 bits per heavy atom. The van der Waals surface area contributed by atoms with Crippen molar-refractivity contribution in [1.82, 2.24) is 4.98 Å². The van der Waals surface area contributed by atoms with Gasteiger partial charge in [0.2, 0.25) is 0 Å². The first-order valence-corrected chi connectivity index (χ1v) is 6.70. The van der Waals surface area contributed by atoms with Crippen molar-refractivity contribution in [2.45, 2.75) is 26.8 Å². The van der Waals surface area contributed by atoms with Crippen molar-refractivity contribution in [3.63, 3.8) is 0 Å². The van der Waals surface area contributed by atoms with E-state index in [-0.39, 0.29) is 6.04 Å². The molecule has 0 saturated carbocycles. The van der Waals surface area contributed by atoms with E-state index < -0.39 is 0 Å². The van der Waals surface area contributed by atoms with Crippen LogP contribution in [0.4, 0.5) is 5.82 Å². The average Bonchev–Trinajstić information content (AvgIpc) is 2.61. The van der Waals surface area contributed by atoms with Gasteiger partial charge in [-0.3, -0.25) is 0 Å². The largest absolute Gasteiger partial charge is 0.364 e. The number of halogens is 1. The molecule has 0 aliphatic heterocycles. The summed E-state index contributed by atoms with van der Waals surface area (Å²) >= 11 is 7.63. The van der Waals surface area contributed by atoms with Gasteiger partial charge in [-0.05, 0) is 44.5 Å². The van der Waals surface area contributed by atoms with Crippen LogP contribution in [0.25, 0.3) is 0 Å². The number of hydrogen-bond donors (Lipinski definition) is 1. The fraction of sp³-hybridized carbons (Fsp3) is 0.308. The Hall–Kier alpha value is -1.06. The van der Waals surface area contributed by atoms with Gasteiger partial charge in [-0.1, -0.05) is 11.6 Å². The van der Waals surface area contributed by atoms with Crippen LogP contribution in [0.3, 0.4) is 0 Å². The van der Waals surface area contributed by atoms with Crippen LogP contribution in [-0.4, -0.2) is 4.98 Å². The Balaban J connectivity index is 2.14. The van der Waals surface area contributed by atoms with E-state index in [2.05, 4.69) is 37.1 Å². The lowest BCUT2D eigenvalue weighted by atomic mass is 10.1. The number of nitrogens with zero attached hydrogens (tertiary/aromatic N) is 1. The number of nitrogens with one attached hydrogen (secondary N) is 1. The highest BCUT2D eigenvalue weighted by Crippen LogP contribution is 2.28. The number of thiophene rings is 1. The van der Waals surface area contributed by atoms with Crippen molar-refractivity contribution in [1.29, 1.82) is 0 Å². The molecule has 0 radical (unpaired) electrons. The smallest absolute Gasteiger partial charge is 0.126 e. The molecule has 1 unspecified atom stereocenters. The molecule has 2 nitrogen and oxygen atoms in total. The maximum Gasteiger partial charge on any atom is 0.126 e. The summed E-state index contributed by atoms with van der Waals surface area (Å²) in [6, 6.07) is 6.23. The third-order valence-electron chi connectivity index (χ3n) is 2.64. The second kappa shape index (κ2) is 5.07. The molecular weight excluding hydrogens is 252 g/mol. The Bertz CT molecular complexity index is 505. The van der Waals surface area contributed by atoms with Crippen LogP contribution in [0.5, 0.6) is 0 Å². The topological polar surface area (TPSA) is 24.9 Å². The minimum absolute atomic E-state index is 0.258. The van der Waals surface area contributed by atoms with Gasteiger partial charge in [0.05, 0.1) is 11.1 Å². The highest BCUT2D eigenvalue weighted by molar-refractivity contribution is 7.12. The van der Waals surface area contributed by atoms with Gasteiger partial charge in [0, 0.05) is 16.0 Å². The molecule has 2 aromatic rings. The molecule has 1 atom stereocenters. The predicted octanol–water partition coefficient (Wildman–Crippen LogP) is 4.59. The highest BCUT2D eigenvalue weighted by atomic mass is 35.5. The lowest BCUT2D eigenvalue weighted by molar-refractivity contribution is 0.872. The summed E-state index contributed by atoms with van der Waals surface area (Å²) in [5.74, 6) is 0.852. The summed E-state index contributed by atoms with van der Waals surface area (Å²) in [5.41, 5.74) is 1.34. The van der Waals surface area contributed by atoms with E-state index >= 15 is 0 Å². The van der Waals surface area contributed by atoms with Crippen molar-refractivity contribution in [2.24, 2.45) is 0 Å². The van der Waals surface area contributed by atoms with Crippen LogP contribution in [0.2, 0.25) is 5.02 Å². The number of aromatic nitrogens is 1. The van der Waals surface area contributed by atoms with Crippen LogP contribution in [0, 0.1) is 13.8 Å². The maximum absolute atomic E-state index is 5.81. The van der Waals surface area contributed by atoms with Gasteiger partial charge < -0.3 is 5.32 Å². The number of rotatable bonds is 3. The SMILES string of the molecule is Cc1cc(C(C)Nc2ccc(Cl)cn2)c(C)s1. The minimum Gasteiger partial charge on any atom is -0.364 e. The lowest BCUT2D eigenvalue weighted by Gasteiger charge is -2.14. The fourth-order valence-electron chi connectivity index (χ4n) is 1.84. The monoisotopic (exact) mass is 266 g/mol. The Morgan fingerprint density at radius 1 is 1.35 bits per heavy atom. The van der Waals surface area contributed by atoms with Gasteiger partial charge in [0.25, 0.3) is 0 Å². The first-order valence-electron chi connectivity index (χ1n) is 5.51. The predicted molar refractivity (Wildman–Crippen MR) is 75.1 cm³/mol. The Labute approximate surface area is 111 Å². The van der Waals surface area contributed by atoms with Crippen molar-refractivity contribution in [2.75, 3.05) is 5.32 Å². The molecule has 0 aromatic carbocycles. The van der Waals surface area contributed by atoms with E-state index in [1.54, 1.807) is 6.20 Å². The van der Waals surface area contributed by atoms with Gasteiger partial charge in [0.1, 0.15) is 5.82 Å². The van der Waals surface area contributed by atoms with Crippen molar-refractivity contribution >= 4 is 28.8 Å². The number of anilines is 1. The first-order chi connectivity index (χ1) is 8.06. The molecule has 0 aliphatic rings. The molecule has 2 heterocycles. The van der Waals surface area contributed by atoms with E-state index in [1.807, 2.05) is 23.5 Å². The summed E-state index contributed by atoms with van der Waals surface area (Å²) in [7, 11) is 0. The van der Waals surface area contributed by atoms with Gasteiger partial charge in [-0.25, -0.2) is 4.98 Å². The molecule has 90 valence electrons. The summed E-state index contributed by atoms with van der Waals surface area (Å²) < 4.78 is 0. The first kappa shape index (κ1) is 12.4. The lowest BCUT2D eigenvalue weighted by Crippen LogP contribution is -2.07. The van der Waals surface area contributed by atoms with E-state index in [9.17, 15) is 0 Å². The third-order valence-corrected chi connectivity index (χ3v) is 3.84. The highest BCUT2D eigenvalue weighted by Gasteiger charge is 2.11. The van der Waals surface area contributed by atoms with E-state index in [4.69, 9.17) is 11.6 Å². The number of aryl methyl sites for hydroxylation is 2. The molecule has 1 N–H and O–H groups in total. The third kappa shape index (κ3) is 2.99. The molecule has 2 aromatic heterocycles. The summed E-state index contributed by atoms with van der Waals surface area (Å²) in [4.78, 5) is 6.94. The van der Waals surface area contributed by atoms with Crippen molar-refractivity contribution in [3.05, 3.63) is 44.7 Å². The molecular formula is C13H15ClN2S. The van der Waals surface area contributed by atoms with E-state index in [1.165, 1.54) is 15.3 Å². The quantitative estimate of drug-likeness (QED) is 0.879. The zero-order valence-corrected chi connectivity index (χ0v) is 11.7. The molecule has 0 spiro atoms. The molecule has 0 aliphatic carbocycles. The second-order valence-electron chi connectivity index (χ2n) is 4.10. The minimum atomic E-state index is 0.258. The van der Waals surface area contributed by atoms with Gasteiger partial charge in [-0.15, -0.1) is 11.3 Å². The van der Waals surface area contributed by atoms with Crippen LogP contribution < -0.4 is 5.32 Å². The van der Waals surface area contributed by atoms with E-state index in [0.29, 0.717) is 5.02 Å². The molecule has 2 rings (SSSR count). The summed E-state index contributed by atoms with van der Waals surface area (Å²) in [5, 5.41) is 4.03. The molecule has 4 heteroatoms. The van der Waals surface area contributed by atoms with Gasteiger partial charge in [0.15, 0.2) is 0 Å². The maximum atomic E-state index is 5.81. The Morgan fingerprint density at radius 3 is 2.65 bits per heavy atom. The fourth-order valence-corrected chi connectivity index (χ4v) is 2.98. The number of hydrogen-bond acceptors (Lipinski definition) is 3. The van der Waals surface area contributed by atoms with Gasteiger partial charge in [-0.2, -0.15) is 0 Å².